The molecule has 2 N–H and O–H groups in total. The summed E-state index contributed by atoms with van der Waals surface area (Å²) in [5.74, 6) is 0.751. The minimum atomic E-state index is -3.39. The normalized spacial score (nSPS) is 14.8. The lowest BCUT2D eigenvalue weighted by Crippen LogP contribution is -2.26. The zero-order chi connectivity index (χ0) is 21.4. The molecule has 0 radical (unpaired) electrons. The van der Waals surface area contributed by atoms with Crippen LogP contribution in [0, 0.1) is 0 Å². The second-order valence-corrected chi connectivity index (χ2v) is 9.45. The zero-order valence-electron chi connectivity index (χ0n) is 17.4. The van der Waals surface area contributed by atoms with Gasteiger partial charge in [-0.3, -0.25) is 9.52 Å². The van der Waals surface area contributed by atoms with Gasteiger partial charge in [-0.1, -0.05) is 25.8 Å². The van der Waals surface area contributed by atoms with E-state index in [-0.39, 0.29) is 11.7 Å². The van der Waals surface area contributed by atoms with Gasteiger partial charge in [0, 0.05) is 37.1 Å². The van der Waals surface area contributed by atoms with E-state index >= 15 is 0 Å². The van der Waals surface area contributed by atoms with E-state index in [4.69, 9.17) is 0 Å². The van der Waals surface area contributed by atoms with Crippen molar-refractivity contribution in [3.05, 3.63) is 53.7 Å². The molecule has 0 aliphatic carbocycles. The molecule has 1 fully saturated rings. The summed E-state index contributed by atoms with van der Waals surface area (Å²) >= 11 is 0. The maximum atomic E-state index is 12.6. The van der Waals surface area contributed by atoms with Crippen molar-refractivity contribution in [3.63, 3.8) is 0 Å². The van der Waals surface area contributed by atoms with Gasteiger partial charge in [-0.15, -0.1) is 0 Å². The first-order valence-corrected chi connectivity index (χ1v) is 12.2. The second-order valence-electron chi connectivity index (χ2n) is 7.61. The largest absolute Gasteiger partial charge is 0.357 e. The minimum absolute atomic E-state index is 0.0464. The summed E-state index contributed by atoms with van der Waals surface area (Å²) < 4.78 is 26.4. The molecule has 162 valence electrons. The van der Waals surface area contributed by atoms with Crippen LogP contribution in [-0.4, -0.2) is 38.2 Å². The number of hydrogen-bond acceptors (Lipinski definition) is 5. The molecular formula is C22H30N4O3S. The summed E-state index contributed by atoms with van der Waals surface area (Å²) in [5.41, 5.74) is 1.79. The van der Waals surface area contributed by atoms with Gasteiger partial charge in [0.25, 0.3) is 5.91 Å². The number of pyridine rings is 1. The molecular weight excluding hydrogens is 400 g/mol. The first-order valence-electron chi connectivity index (χ1n) is 10.6. The average molecular weight is 431 g/mol. The number of benzene rings is 1. The van der Waals surface area contributed by atoms with E-state index in [1.807, 2.05) is 12.1 Å². The van der Waals surface area contributed by atoms with E-state index in [0.717, 1.165) is 24.5 Å². The molecule has 1 amide bonds. The summed E-state index contributed by atoms with van der Waals surface area (Å²) in [6.45, 7) is 4.22. The lowest BCUT2D eigenvalue weighted by atomic mass is 10.2. The number of nitrogens with one attached hydrogen (secondary N) is 2. The van der Waals surface area contributed by atoms with E-state index in [9.17, 15) is 13.2 Å². The summed E-state index contributed by atoms with van der Waals surface area (Å²) in [7, 11) is -3.39. The Bertz CT molecular complexity index is 954. The lowest BCUT2D eigenvalue weighted by molar-refractivity contribution is 0.0951. The van der Waals surface area contributed by atoms with Crippen LogP contribution in [0.25, 0.3) is 0 Å². The smallest absolute Gasteiger partial charge is 0.251 e. The predicted molar refractivity (Wildman–Crippen MR) is 120 cm³/mol. The highest BCUT2D eigenvalue weighted by Gasteiger charge is 2.13. The van der Waals surface area contributed by atoms with Crippen LogP contribution in [0.2, 0.25) is 0 Å². The molecule has 1 aromatic carbocycles. The highest BCUT2D eigenvalue weighted by Crippen LogP contribution is 2.18. The molecule has 30 heavy (non-hydrogen) atoms. The molecule has 1 aromatic heterocycles. The van der Waals surface area contributed by atoms with Crippen molar-refractivity contribution in [2.24, 2.45) is 0 Å². The number of anilines is 2. The Balaban J connectivity index is 1.62. The van der Waals surface area contributed by atoms with Gasteiger partial charge in [-0.05, 0) is 55.2 Å². The van der Waals surface area contributed by atoms with E-state index in [2.05, 4.69) is 19.9 Å². The summed E-state index contributed by atoms with van der Waals surface area (Å²) in [6, 6.07) is 10.5. The van der Waals surface area contributed by atoms with Crippen LogP contribution >= 0.6 is 0 Å². The van der Waals surface area contributed by atoms with Gasteiger partial charge in [0.15, 0.2) is 0 Å². The first-order chi connectivity index (χ1) is 14.5. The number of carbonyl (C=O) groups is 1. The van der Waals surface area contributed by atoms with Gasteiger partial charge in [0.05, 0.1) is 5.75 Å². The number of amides is 1. The molecule has 1 aliphatic rings. The SMILES string of the molecule is CCCS(=O)(=O)Nc1cccc(C(=O)NCc2ccnc(N3CCCCCC3)c2)c1. The maximum Gasteiger partial charge on any atom is 0.251 e. The Kier molecular flexibility index (Phi) is 7.68. The third kappa shape index (κ3) is 6.45. The van der Waals surface area contributed by atoms with E-state index < -0.39 is 10.0 Å². The molecule has 0 saturated carbocycles. The third-order valence-electron chi connectivity index (χ3n) is 5.06. The lowest BCUT2D eigenvalue weighted by Gasteiger charge is -2.21. The predicted octanol–water partition coefficient (Wildman–Crippen LogP) is 3.54. The molecule has 7 nitrogen and oxygen atoms in total. The molecule has 0 bridgehead atoms. The van der Waals surface area contributed by atoms with Crippen LogP contribution in [-0.2, 0) is 16.6 Å². The van der Waals surface area contributed by atoms with E-state index in [1.54, 1.807) is 37.4 Å². The summed E-state index contributed by atoms with van der Waals surface area (Å²) in [5, 5.41) is 2.91. The Labute approximate surface area is 178 Å². The fourth-order valence-corrected chi connectivity index (χ4v) is 4.68. The van der Waals surface area contributed by atoms with Crippen LogP contribution in [0.5, 0.6) is 0 Å². The Morgan fingerprint density at radius 2 is 1.87 bits per heavy atom. The van der Waals surface area contributed by atoms with Gasteiger partial charge in [0.2, 0.25) is 10.0 Å². The van der Waals surface area contributed by atoms with E-state index in [1.165, 1.54) is 25.7 Å². The molecule has 1 saturated heterocycles. The molecule has 2 heterocycles. The third-order valence-corrected chi connectivity index (χ3v) is 6.56. The van der Waals surface area contributed by atoms with Crippen molar-refractivity contribution in [3.8, 4) is 0 Å². The van der Waals surface area contributed by atoms with Crippen molar-refractivity contribution >= 4 is 27.4 Å². The van der Waals surface area contributed by atoms with Gasteiger partial charge >= 0.3 is 0 Å². The fraction of sp³-hybridized carbons (Fsp3) is 0.455. The highest BCUT2D eigenvalue weighted by molar-refractivity contribution is 7.92. The van der Waals surface area contributed by atoms with Gasteiger partial charge in [0.1, 0.15) is 5.82 Å². The molecule has 0 unspecified atom stereocenters. The monoisotopic (exact) mass is 430 g/mol. The highest BCUT2D eigenvalue weighted by atomic mass is 32.2. The van der Waals surface area contributed by atoms with Gasteiger partial charge in [-0.2, -0.15) is 0 Å². The fourth-order valence-electron chi connectivity index (χ4n) is 3.55. The van der Waals surface area contributed by atoms with Crippen LogP contribution in [0.15, 0.2) is 42.6 Å². The molecule has 0 spiro atoms. The van der Waals surface area contributed by atoms with Crippen LogP contribution in [0.3, 0.4) is 0 Å². The topological polar surface area (TPSA) is 91.4 Å². The number of sulfonamides is 1. The van der Waals surface area contributed by atoms with E-state index in [0.29, 0.717) is 24.2 Å². The number of rotatable bonds is 8. The quantitative estimate of drug-likeness (QED) is 0.668. The van der Waals surface area contributed by atoms with Crippen molar-refractivity contribution in [1.82, 2.24) is 10.3 Å². The summed E-state index contributed by atoms with van der Waals surface area (Å²) in [6.07, 6.45) is 7.20. The van der Waals surface area contributed by atoms with Crippen LogP contribution in [0.1, 0.15) is 54.9 Å². The first kappa shape index (κ1) is 22.1. The molecule has 2 aromatic rings. The van der Waals surface area contributed by atoms with Crippen molar-refractivity contribution < 1.29 is 13.2 Å². The number of carbonyl (C=O) groups excluding carboxylic acids is 1. The Morgan fingerprint density at radius 3 is 2.60 bits per heavy atom. The van der Waals surface area contributed by atoms with Crippen molar-refractivity contribution in [1.29, 1.82) is 0 Å². The number of nitrogens with zero attached hydrogens (tertiary/aromatic N) is 2. The Morgan fingerprint density at radius 1 is 1.10 bits per heavy atom. The molecule has 8 heteroatoms. The zero-order valence-corrected chi connectivity index (χ0v) is 18.2. The van der Waals surface area contributed by atoms with Gasteiger partial charge in [-0.25, -0.2) is 13.4 Å². The number of aromatic nitrogens is 1. The minimum Gasteiger partial charge on any atom is -0.357 e. The number of hydrogen-bond donors (Lipinski definition) is 2. The molecule has 1 aliphatic heterocycles. The van der Waals surface area contributed by atoms with Crippen LogP contribution < -0.4 is 14.9 Å². The van der Waals surface area contributed by atoms with Gasteiger partial charge < -0.3 is 10.2 Å². The molecule has 0 atom stereocenters. The Hall–Kier alpha value is -2.61. The van der Waals surface area contributed by atoms with Crippen molar-refractivity contribution in [2.75, 3.05) is 28.5 Å². The average Bonchev–Trinajstić information content (AvgIpc) is 3.01. The van der Waals surface area contributed by atoms with Crippen molar-refractivity contribution in [2.45, 2.75) is 45.6 Å². The second kappa shape index (κ2) is 10.4. The summed E-state index contributed by atoms with van der Waals surface area (Å²) in [4.78, 5) is 19.4. The standard InChI is InChI=1S/C22H30N4O3S/c1-2-14-30(28,29)25-20-9-7-8-19(16-20)22(27)24-17-18-10-11-23-21(15-18)26-12-5-3-4-6-13-26/h7-11,15-16,25H,2-6,12-14,17H2,1H3,(H,24,27). The molecule has 3 rings (SSSR count). The van der Waals surface area contributed by atoms with Crippen LogP contribution in [0.4, 0.5) is 11.5 Å². The maximum absolute atomic E-state index is 12.6.